The first-order valence-electron chi connectivity index (χ1n) is 12.2. The summed E-state index contributed by atoms with van der Waals surface area (Å²) in [7, 11) is 3.32. The lowest BCUT2D eigenvalue weighted by atomic mass is 9.94. The van der Waals surface area contributed by atoms with Gasteiger partial charge in [0.15, 0.2) is 0 Å². The van der Waals surface area contributed by atoms with Crippen molar-refractivity contribution in [1.29, 1.82) is 0 Å². The highest BCUT2D eigenvalue weighted by atomic mass is 16.5. The Balaban J connectivity index is 1.48. The standard InChI is InChI=1S/C27H36N4O5/c1-19-6-4-5-7-22(19)28-27(35)29-23-9-8-21(16-24(23)36-3)17-25(32)30(2)14-15-31-12-10-20(11-13-31)18-26(33)34/h4-9,16,20H,10-15,17-18H2,1-3H3,(H,33,34)(H2,28,29,35). The summed E-state index contributed by atoms with van der Waals surface area (Å²) in [4.78, 5) is 40.1. The number of likely N-dealkylation sites (tertiary alicyclic amines) is 1. The zero-order valence-electron chi connectivity index (χ0n) is 21.3. The van der Waals surface area contributed by atoms with Gasteiger partial charge in [0.2, 0.25) is 5.91 Å². The van der Waals surface area contributed by atoms with Crippen molar-refractivity contribution in [1.82, 2.24) is 9.80 Å². The van der Waals surface area contributed by atoms with Crippen LogP contribution in [0.2, 0.25) is 0 Å². The Bertz CT molecular complexity index is 1070. The highest BCUT2D eigenvalue weighted by Crippen LogP contribution is 2.26. The minimum atomic E-state index is -0.732. The number of nitrogens with one attached hydrogen (secondary N) is 2. The Morgan fingerprint density at radius 2 is 1.78 bits per heavy atom. The van der Waals surface area contributed by atoms with Crippen LogP contribution < -0.4 is 15.4 Å². The van der Waals surface area contributed by atoms with Crippen molar-refractivity contribution in [3.8, 4) is 5.75 Å². The predicted molar refractivity (Wildman–Crippen MR) is 140 cm³/mol. The molecule has 3 rings (SSSR count). The van der Waals surface area contributed by atoms with Crippen molar-refractivity contribution in [2.75, 3.05) is 51.0 Å². The van der Waals surface area contributed by atoms with Crippen LogP contribution in [0, 0.1) is 12.8 Å². The summed E-state index contributed by atoms with van der Waals surface area (Å²) >= 11 is 0. The van der Waals surface area contributed by atoms with E-state index in [1.54, 1.807) is 24.1 Å². The Morgan fingerprint density at radius 1 is 1.08 bits per heavy atom. The van der Waals surface area contributed by atoms with E-state index in [2.05, 4.69) is 15.5 Å². The van der Waals surface area contributed by atoms with E-state index in [-0.39, 0.29) is 30.7 Å². The maximum Gasteiger partial charge on any atom is 0.323 e. The van der Waals surface area contributed by atoms with Crippen LogP contribution in [0.1, 0.15) is 30.4 Å². The van der Waals surface area contributed by atoms with E-state index < -0.39 is 5.97 Å². The molecule has 1 saturated heterocycles. The number of carboxylic acid groups (broad SMARTS) is 1. The summed E-state index contributed by atoms with van der Waals surface area (Å²) in [5.41, 5.74) is 2.99. The number of hydrogen-bond acceptors (Lipinski definition) is 5. The van der Waals surface area contributed by atoms with Crippen LogP contribution in [0.3, 0.4) is 0 Å². The quantitative estimate of drug-likeness (QED) is 0.461. The second kappa shape index (κ2) is 12.9. The number of urea groups is 1. The average Bonchev–Trinajstić information content (AvgIpc) is 2.85. The second-order valence-corrected chi connectivity index (χ2v) is 9.30. The number of nitrogens with zero attached hydrogens (tertiary/aromatic N) is 2. The first-order valence-corrected chi connectivity index (χ1v) is 12.2. The van der Waals surface area contributed by atoms with E-state index in [9.17, 15) is 14.4 Å². The van der Waals surface area contributed by atoms with Gasteiger partial charge >= 0.3 is 12.0 Å². The van der Waals surface area contributed by atoms with Crippen molar-refractivity contribution in [2.45, 2.75) is 32.6 Å². The molecule has 1 fully saturated rings. The molecule has 0 bridgehead atoms. The number of likely N-dealkylation sites (N-methyl/N-ethyl adjacent to an activating group) is 1. The molecule has 2 aromatic carbocycles. The number of carbonyl (C=O) groups excluding carboxylic acids is 2. The monoisotopic (exact) mass is 496 g/mol. The normalized spacial score (nSPS) is 14.2. The van der Waals surface area contributed by atoms with Crippen LogP contribution in [-0.2, 0) is 16.0 Å². The number of piperidine rings is 1. The Hall–Kier alpha value is -3.59. The molecule has 9 nitrogen and oxygen atoms in total. The number of hydrogen-bond donors (Lipinski definition) is 3. The number of methoxy groups -OCH3 is 1. The molecule has 0 radical (unpaired) electrons. The number of aryl methyl sites for hydroxylation is 1. The minimum Gasteiger partial charge on any atom is -0.495 e. The van der Waals surface area contributed by atoms with Gasteiger partial charge in [-0.3, -0.25) is 9.59 Å². The second-order valence-electron chi connectivity index (χ2n) is 9.30. The number of rotatable bonds is 10. The number of carbonyl (C=O) groups is 3. The fraction of sp³-hybridized carbons (Fsp3) is 0.444. The van der Waals surface area contributed by atoms with Gasteiger partial charge in [-0.2, -0.15) is 0 Å². The fourth-order valence-electron chi connectivity index (χ4n) is 4.32. The smallest absolute Gasteiger partial charge is 0.323 e. The molecule has 1 aliphatic heterocycles. The highest BCUT2D eigenvalue weighted by Gasteiger charge is 2.22. The van der Waals surface area contributed by atoms with E-state index in [1.807, 2.05) is 37.3 Å². The molecule has 0 spiro atoms. The topological polar surface area (TPSA) is 111 Å². The molecular formula is C27H36N4O5. The van der Waals surface area contributed by atoms with E-state index >= 15 is 0 Å². The van der Waals surface area contributed by atoms with Crippen molar-refractivity contribution in [3.05, 3.63) is 53.6 Å². The van der Waals surface area contributed by atoms with Gasteiger partial charge in [-0.05, 0) is 68.1 Å². The largest absolute Gasteiger partial charge is 0.495 e. The summed E-state index contributed by atoms with van der Waals surface area (Å²) < 4.78 is 5.45. The van der Waals surface area contributed by atoms with Gasteiger partial charge in [0, 0.05) is 32.2 Å². The molecule has 0 atom stereocenters. The number of anilines is 2. The maximum atomic E-state index is 12.8. The Kier molecular flexibility index (Phi) is 9.69. The van der Waals surface area contributed by atoms with Crippen molar-refractivity contribution >= 4 is 29.3 Å². The first-order chi connectivity index (χ1) is 17.2. The molecule has 1 aliphatic rings. The third-order valence-corrected chi connectivity index (χ3v) is 6.61. The van der Waals surface area contributed by atoms with Gasteiger partial charge in [-0.15, -0.1) is 0 Å². The van der Waals surface area contributed by atoms with Crippen LogP contribution in [0.15, 0.2) is 42.5 Å². The average molecular weight is 497 g/mol. The Labute approximate surface area is 212 Å². The third kappa shape index (κ3) is 7.98. The summed E-state index contributed by atoms with van der Waals surface area (Å²) in [6.45, 7) is 5.03. The van der Waals surface area contributed by atoms with Gasteiger partial charge in [-0.25, -0.2) is 4.79 Å². The van der Waals surface area contributed by atoms with Crippen LogP contribution in [-0.4, -0.2) is 73.2 Å². The minimum absolute atomic E-state index is 0.00387. The molecule has 0 saturated carbocycles. The van der Waals surface area contributed by atoms with Crippen LogP contribution in [0.5, 0.6) is 5.75 Å². The number of amides is 3. The molecule has 0 aromatic heterocycles. The predicted octanol–water partition coefficient (Wildman–Crippen LogP) is 3.84. The molecule has 0 aliphatic carbocycles. The van der Waals surface area contributed by atoms with Crippen LogP contribution >= 0.6 is 0 Å². The van der Waals surface area contributed by atoms with E-state index in [0.29, 0.717) is 18.0 Å². The van der Waals surface area contributed by atoms with Crippen molar-refractivity contribution < 1.29 is 24.2 Å². The highest BCUT2D eigenvalue weighted by molar-refractivity contribution is 6.01. The van der Waals surface area contributed by atoms with Crippen molar-refractivity contribution in [2.24, 2.45) is 5.92 Å². The van der Waals surface area contributed by atoms with Crippen LogP contribution in [0.25, 0.3) is 0 Å². The lowest BCUT2D eigenvalue weighted by Gasteiger charge is -2.32. The van der Waals surface area contributed by atoms with Crippen LogP contribution in [0.4, 0.5) is 16.2 Å². The van der Waals surface area contributed by atoms with Gasteiger partial charge < -0.3 is 30.3 Å². The SMILES string of the molecule is COc1cc(CC(=O)N(C)CCN2CCC(CC(=O)O)CC2)ccc1NC(=O)Nc1ccccc1C. The Morgan fingerprint density at radius 3 is 2.44 bits per heavy atom. The number of aliphatic carboxylic acids is 1. The molecule has 194 valence electrons. The lowest BCUT2D eigenvalue weighted by molar-refractivity contribution is -0.138. The zero-order valence-corrected chi connectivity index (χ0v) is 21.3. The molecular weight excluding hydrogens is 460 g/mol. The van der Waals surface area contributed by atoms with E-state index in [4.69, 9.17) is 9.84 Å². The van der Waals surface area contributed by atoms with Gasteiger partial charge in [0.1, 0.15) is 5.75 Å². The third-order valence-electron chi connectivity index (χ3n) is 6.61. The lowest BCUT2D eigenvalue weighted by Crippen LogP contribution is -2.41. The summed E-state index contributed by atoms with van der Waals surface area (Å²) in [6.07, 6.45) is 2.23. The molecule has 9 heteroatoms. The van der Waals surface area contributed by atoms with E-state index in [1.165, 1.54) is 7.11 Å². The molecule has 2 aromatic rings. The van der Waals surface area contributed by atoms with Gasteiger partial charge in [0.05, 0.1) is 19.2 Å². The molecule has 1 heterocycles. The van der Waals surface area contributed by atoms with Crippen molar-refractivity contribution in [3.63, 3.8) is 0 Å². The van der Waals surface area contributed by atoms with Gasteiger partial charge in [0.25, 0.3) is 0 Å². The molecule has 36 heavy (non-hydrogen) atoms. The zero-order chi connectivity index (χ0) is 26.1. The van der Waals surface area contributed by atoms with Gasteiger partial charge in [-0.1, -0.05) is 24.3 Å². The molecule has 3 N–H and O–H groups in total. The molecule has 0 unspecified atom stereocenters. The number of benzene rings is 2. The molecule has 3 amide bonds. The number of carboxylic acids is 1. The first kappa shape index (κ1) is 27.0. The fourth-order valence-corrected chi connectivity index (χ4v) is 4.32. The number of ether oxygens (including phenoxy) is 1. The summed E-state index contributed by atoms with van der Waals surface area (Å²) in [5.74, 6) is -0.00761. The van der Waals surface area contributed by atoms with E-state index in [0.717, 1.165) is 49.3 Å². The maximum absolute atomic E-state index is 12.8. The summed E-state index contributed by atoms with van der Waals surface area (Å²) in [6, 6.07) is 12.5. The number of para-hydroxylation sites is 1. The summed E-state index contributed by atoms with van der Waals surface area (Å²) in [5, 5.41) is 14.6.